The molecule has 0 aliphatic rings. The van der Waals surface area contributed by atoms with Crippen LogP contribution in [0, 0.1) is 11.3 Å². The molecule has 0 atom stereocenters. The predicted molar refractivity (Wildman–Crippen MR) is 58.1 cm³/mol. The highest BCUT2D eigenvalue weighted by Crippen LogP contribution is 2.22. The van der Waals surface area contributed by atoms with Crippen molar-refractivity contribution in [2.75, 3.05) is 7.11 Å². The highest BCUT2D eigenvalue weighted by atomic mass is 79.9. The number of nitriles is 1. The van der Waals surface area contributed by atoms with Gasteiger partial charge in [0.2, 0.25) is 0 Å². The number of rotatable bonds is 2. The van der Waals surface area contributed by atoms with Crippen molar-refractivity contribution in [1.82, 2.24) is 0 Å². The van der Waals surface area contributed by atoms with Gasteiger partial charge in [-0.25, -0.2) is 4.79 Å². The predicted octanol–water partition coefficient (Wildman–Crippen LogP) is 1.57. The van der Waals surface area contributed by atoms with Gasteiger partial charge in [0.1, 0.15) is 6.07 Å². The smallest absolute Gasteiger partial charge is 0.339 e. The Labute approximate surface area is 95.8 Å². The van der Waals surface area contributed by atoms with Crippen LogP contribution in [0.5, 0.6) is 0 Å². The SMILES string of the molecule is COC(=O)c1cc(Br)c(CN)cc1C#N. The third kappa shape index (κ3) is 2.35. The summed E-state index contributed by atoms with van der Waals surface area (Å²) in [5.41, 5.74) is 6.76. The van der Waals surface area contributed by atoms with Crippen LogP contribution in [-0.2, 0) is 11.3 Å². The van der Waals surface area contributed by atoms with Gasteiger partial charge in [-0.2, -0.15) is 5.26 Å². The molecule has 0 aliphatic carbocycles. The minimum atomic E-state index is -0.532. The van der Waals surface area contributed by atoms with Crippen LogP contribution in [0.4, 0.5) is 0 Å². The summed E-state index contributed by atoms with van der Waals surface area (Å²) in [5.74, 6) is -0.532. The molecule has 0 fully saturated rings. The van der Waals surface area contributed by atoms with Crippen molar-refractivity contribution in [3.8, 4) is 6.07 Å². The molecule has 0 radical (unpaired) electrons. The molecule has 0 bridgehead atoms. The maximum Gasteiger partial charge on any atom is 0.339 e. The zero-order chi connectivity index (χ0) is 11.4. The summed E-state index contributed by atoms with van der Waals surface area (Å²) in [7, 11) is 1.27. The summed E-state index contributed by atoms with van der Waals surface area (Å²) in [4.78, 5) is 11.3. The average Bonchev–Trinajstić information content (AvgIpc) is 2.27. The lowest BCUT2D eigenvalue weighted by Gasteiger charge is -2.06. The third-order valence-electron chi connectivity index (χ3n) is 1.93. The zero-order valence-corrected chi connectivity index (χ0v) is 9.67. The van der Waals surface area contributed by atoms with Gasteiger partial charge in [0, 0.05) is 11.0 Å². The Balaban J connectivity index is 3.35. The van der Waals surface area contributed by atoms with Crippen LogP contribution in [0.3, 0.4) is 0 Å². The minimum absolute atomic E-state index is 0.240. The number of hydrogen-bond donors (Lipinski definition) is 1. The average molecular weight is 269 g/mol. The van der Waals surface area contributed by atoms with Gasteiger partial charge in [-0.05, 0) is 17.7 Å². The number of ether oxygens (including phenoxy) is 1. The first-order valence-corrected chi connectivity index (χ1v) is 4.94. The fourth-order valence-electron chi connectivity index (χ4n) is 1.15. The van der Waals surface area contributed by atoms with E-state index in [-0.39, 0.29) is 11.1 Å². The van der Waals surface area contributed by atoms with Crippen molar-refractivity contribution in [2.24, 2.45) is 5.73 Å². The zero-order valence-electron chi connectivity index (χ0n) is 8.08. The number of nitrogens with two attached hydrogens (primary N) is 1. The topological polar surface area (TPSA) is 76.1 Å². The number of nitrogens with zero attached hydrogens (tertiary/aromatic N) is 1. The fourth-order valence-corrected chi connectivity index (χ4v) is 1.65. The first-order valence-electron chi connectivity index (χ1n) is 4.15. The Kier molecular flexibility index (Phi) is 3.83. The molecule has 0 heterocycles. The van der Waals surface area contributed by atoms with Crippen molar-refractivity contribution in [1.29, 1.82) is 5.26 Å². The molecule has 4 nitrogen and oxygen atoms in total. The van der Waals surface area contributed by atoms with Gasteiger partial charge in [0.15, 0.2) is 0 Å². The summed E-state index contributed by atoms with van der Waals surface area (Å²) in [6.45, 7) is 0.302. The molecule has 0 aromatic heterocycles. The second kappa shape index (κ2) is 4.91. The summed E-state index contributed by atoms with van der Waals surface area (Å²) >= 11 is 3.27. The molecule has 2 N–H and O–H groups in total. The monoisotopic (exact) mass is 268 g/mol. The Bertz CT molecular complexity index is 438. The molecular formula is C10H9BrN2O2. The van der Waals surface area contributed by atoms with E-state index >= 15 is 0 Å². The van der Waals surface area contributed by atoms with Crippen molar-refractivity contribution in [3.05, 3.63) is 33.3 Å². The van der Waals surface area contributed by atoms with Gasteiger partial charge >= 0.3 is 5.97 Å². The van der Waals surface area contributed by atoms with E-state index in [2.05, 4.69) is 20.7 Å². The number of benzene rings is 1. The number of hydrogen-bond acceptors (Lipinski definition) is 4. The van der Waals surface area contributed by atoms with Crippen LogP contribution in [0.1, 0.15) is 21.5 Å². The van der Waals surface area contributed by atoms with E-state index in [9.17, 15) is 4.79 Å². The largest absolute Gasteiger partial charge is 0.465 e. The Morgan fingerprint density at radius 1 is 1.67 bits per heavy atom. The van der Waals surface area contributed by atoms with E-state index in [0.29, 0.717) is 11.0 Å². The quantitative estimate of drug-likeness (QED) is 0.827. The Hall–Kier alpha value is -1.38. The van der Waals surface area contributed by atoms with Crippen molar-refractivity contribution >= 4 is 21.9 Å². The number of halogens is 1. The van der Waals surface area contributed by atoms with Crippen LogP contribution in [0.2, 0.25) is 0 Å². The molecule has 1 aromatic carbocycles. The van der Waals surface area contributed by atoms with E-state index in [1.807, 2.05) is 6.07 Å². The van der Waals surface area contributed by atoms with E-state index in [1.165, 1.54) is 7.11 Å². The first-order chi connectivity index (χ1) is 7.13. The van der Waals surface area contributed by atoms with E-state index < -0.39 is 5.97 Å². The van der Waals surface area contributed by atoms with Gasteiger partial charge in [0.05, 0.1) is 18.2 Å². The van der Waals surface area contributed by atoms with Gasteiger partial charge in [-0.3, -0.25) is 0 Å². The maximum absolute atomic E-state index is 11.3. The summed E-state index contributed by atoms with van der Waals surface area (Å²) in [6.07, 6.45) is 0. The van der Waals surface area contributed by atoms with E-state index in [0.717, 1.165) is 5.56 Å². The van der Waals surface area contributed by atoms with Gasteiger partial charge in [0.25, 0.3) is 0 Å². The molecule has 0 unspecified atom stereocenters. The molecule has 0 saturated carbocycles. The summed E-state index contributed by atoms with van der Waals surface area (Å²) in [5, 5.41) is 8.86. The number of esters is 1. The number of carbonyl (C=O) groups excluding carboxylic acids is 1. The Morgan fingerprint density at radius 2 is 2.33 bits per heavy atom. The van der Waals surface area contributed by atoms with Gasteiger partial charge in [-0.15, -0.1) is 0 Å². The van der Waals surface area contributed by atoms with Crippen LogP contribution < -0.4 is 5.73 Å². The molecule has 0 saturated heterocycles. The van der Waals surface area contributed by atoms with Crippen molar-refractivity contribution in [3.63, 3.8) is 0 Å². The maximum atomic E-state index is 11.3. The molecule has 5 heteroatoms. The molecule has 0 amide bonds. The molecule has 78 valence electrons. The molecule has 0 spiro atoms. The van der Waals surface area contributed by atoms with E-state index in [1.54, 1.807) is 12.1 Å². The van der Waals surface area contributed by atoms with Crippen LogP contribution in [0.25, 0.3) is 0 Å². The highest BCUT2D eigenvalue weighted by molar-refractivity contribution is 9.10. The third-order valence-corrected chi connectivity index (χ3v) is 2.67. The summed E-state index contributed by atoms with van der Waals surface area (Å²) < 4.78 is 5.26. The highest BCUT2D eigenvalue weighted by Gasteiger charge is 2.14. The summed E-state index contributed by atoms with van der Waals surface area (Å²) in [6, 6.07) is 5.06. The lowest BCUT2D eigenvalue weighted by Crippen LogP contribution is -2.07. The lowest BCUT2D eigenvalue weighted by molar-refractivity contribution is 0.0600. The second-order valence-corrected chi connectivity index (χ2v) is 3.65. The second-order valence-electron chi connectivity index (χ2n) is 2.80. The molecule has 0 aliphatic heterocycles. The fraction of sp³-hybridized carbons (Fsp3) is 0.200. The standard InChI is InChI=1S/C10H9BrN2O2/c1-15-10(14)8-3-9(11)7(5-13)2-6(8)4-12/h2-3H,5,13H2,1H3. The molecular weight excluding hydrogens is 260 g/mol. The van der Waals surface area contributed by atoms with Gasteiger partial charge < -0.3 is 10.5 Å². The Morgan fingerprint density at radius 3 is 2.80 bits per heavy atom. The lowest BCUT2D eigenvalue weighted by atomic mass is 10.0. The molecule has 1 rings (SSSR count). The van der Waals surface area contributed by atoms with Gasteiger partial charge in [-0.1, -0.05) is 15.9 Å². The number of methoxy groups -OCH3 is 1. The number of carbonyl (C=O) groups is 1. The minimum Gasteiger partial charge on any atom is -0.465 e. The van der Waals surface area contributed by atoms with Crippen molar-refractivity contribution < 1.29 is 9.53 Å². The normalized spacial score (nSPS) is 9.47. The van der Waals surface area contributed by atoms with E-state index in [4.69, 9.17) is 11.0 Å². The van der Waals surface area contributed by atoms with Crippen molar-refractivity contribution in [2.45, 2.75) is 6.54 Å². The molecule has 15 heavy (non-hydrogen) atoms. The van der Waals surface area contributed by atoms with Crippen LogP contribution in [0.15, 0.2) is 16.6 Å². The molecule has 1 aromatic rings. The van der Waals surface area contributed by atoms with Crippen LogP contribution in [-0.4, -0.2) is 13.1 Å². The first kappa shape index (κ1) is 11.7. The van der Waals surface area contributed by atoms with Crippen LogP contribution >= 0.6 is 15.9 Å².